The quantitative estimate of drug-likeness (QED) is 0.863. The Kier molecular flexibility index (Phi) is 5.80. The van der Waals surface area contributed by atoms with Gasteiger partial charge in [0.2, 0.25) is 5.91 Å². The van der Waals surface area contributed by atoms with Crippen LogP contribution < -0.4 is 10.6 Å². The second kappa shape index (κ2) is 7.60. The maximum atomic E-state index is 12.1. The summed E-state index contributed by atoms with van der Waals surface area (Å²) in [6.45, 7) is 6.96. The van der Waals surface area contributed by atoms with Crippen LogP contribution in [0.5, 0.6) is 0 Å². The van der Waals surface area contributed by atoms with Crippen molar-refractivity contribution in [3.63, 3.8) is 0 Å². The lowest BCUT2D eigenvalue weighted by Crippen LogP contribution is -2.33. The Hall–Kier alpha value is -1.35. The summed E-state index contributed by atoms with van der Waals surface area (Å²) in [4.78, 5) is 12.1. The van der Waals surface area contributed by atoms with E-state index in [2.05, 4.69) is 43.5 Å². The molecule has 0 saturated heterocycles. The van der Waals surface area contributed by atoms with Crippen molar-refractivity contribution in [2.24, 2.45) is 0 Å². The van der Waals surface area contributed by atoms with E-state index in [1.807, 2.05) is 0 Å². The zero-order valence-corrected chi connectivity index (χ0v) is 13.6. The van der Waals surface area contributed by atoms with Crippen molar-refractivity contribution < 1.29 is 4.79 Å². The van der Waals surface area contributed by atoms with Gasteiger partial charge in [-0.25, -0.2) is 0 Å². The lowest BCUT2D eigenvalue weighted by atomic mass is 9.95. The van der Waals surface area contributed by atoms with Crippen molar-refractivity contribution in [1.29, 1.82) is 0 Å². The van der Waals surface area contributed by atoms with Gasteiger partial charge in [-0.05, 0) is 44.7 Å². The molecule has 3 heteroatoms. The van der Waals surface area contributed by atoms with Crippen LogP contribution in [0.1, 0.15) is 55.2 Å². The number of amides is 1. The predicted molar refractivity (Wildman–Crippen MR) is 88.8 cm³/mol. The minimum atomic E-state index is 0.105. The highest BCUT2D eigenvalue weighted by Crippen LogP contribution is 2.22. The van der Waals surface area contributed by atoms with Crippen LogP contribution >= 0.6 is 0 Å². The first kappa shape index (κ1) is 16.0. The van der Waals surface area contributed by atoms with Gasteiger partial charge in [-0.2, -0.15) is 0 Å². The molecule has 0 atom stereocenters. The molecule has 1 saturated carbocycles. The fourth-order valence-corrected chi connectivity index (χ4v) is 3.28. The highest BCUT2D eigenvalue weighted by atomic mass is 16.1. The molecule has 2 N–H and O–H groups in total. The fraction of sp³-hybridized carbons (Fsp3) is 0.611. The van der Waals surface area contributed by atoms with E-state index in [0.29, 0.717) is 12.5 Å². The first-order valence-electron chi connectivity index (χ1n) is 8.17. The Labute approximate surface area is 128 Å². The van der Waals surface area contributed by atoms with Crippen molar-refractivity contribution in [2.75, 3.05) is 11.9 Å². The molecular weight excluding hydrogens is 260 g/mol. The Morgan fingerprint density at radius 2 is 1.71 bits per heavy atom. The molecule has 116 valence electrons. The Bertz CT molecular complexity index is 467. The summed E-state index contributed by atoms with van der Waals surface area (Å²) < 4.78 is 0. The van der Waals surface area contributed by atoms with Gasteiger partial charge in [-0.3, -0.25) is 4.79 Å². The zero-order valence-electron chi connectivity index (χ0n) is 13.6. The Morgan fingerprint density at radius 1 is 1.10 bits per heavy atom. The minimum absolute atomic E-state index is 0.105. The van der Waals surface area contributed by atoms with Gasteiger partial charge in [-0.15, -0.1) is 0 Å². The number of hydrogen-bond acceptors (Lipinski definition) is 2. The molecule has 21 heavy (non-hydrogen) atoms. The van der Waals surface area contributed by atoms with Gasteiger partial charge in [0.25, 0.3) is 0 Å². The van der Waals surface area contributed by atoms with E-state index in [9.17, 15) is 4.79 Å². The van der Waals surface area contributed by atoms with E-state index in [1.165, 1.54) is 37.7 Å². The first-order valence-corrected chi connectivity index (χ1v) is 8.17. The first-order chi connectivity index (χ1) is 10.1. The molecule has 1 aromatic rings. The van der Waals surface area contributed by atoms with Gasteiger partial charge in [0.1, 0.15) is 0 Å². The number of carbonyl (C=O) groups is 1. The van der Waals surface area contributed by atoms with Gasteiger partial charge in [0.05, 0.1) is 0 Å². The highest BCUT2D eigenvalue weighted by molar-refractivity contribution is 5.92. The van der Waals surface area contributed by atoms with Gasteiger partial charge in [0, 0.05) is 24.7 Å². The van der Waals surface area contributed by atoms with Crippen molar-refractivity contribution >= 4 is 11.6 Å². The predicted octanol–water partition coefficient (Wildman–Crippen LogP) is 3.86. The second-order valence-electron chi connectivity index (χ2n) is 6.36. The molecular formula is C18H28N2O. The SMILES string of the molecule is Cc1cc(C)c(NC(=O)CCNC2CCCCC2)c(C)c1. The summed E-state index contributed by atoms with van der Waals surface area (Å²) in [6.07, 6.45) is 7.08. The molecule has 1 aliphatic rings. The van der Waals surface area contributed by atoms with Crippen LogP contribution in [-0.2, 0) is 4.79 Å². The van der Waals surface area contributed by atoms with Crippen molar-refractivity contribution in [1.82, 2.24) is 5.32 Å². The number of nitrogens with one attached hydrogen (secondary N) is 2. The average Bonchev–Trinajstić information content (AvgIpc) is 2.44. The van der Waals surface area contributed by atoms with Crippen LogP contribution in [0.4, 0.5) is 5.69 Å². The second-order valence-corrected chi connectivity index (χ2v) is 6.36. The van der Waals surface area contributed by atoms with E-state index >= 15 is 0 Å². The smallest absolute Gasteiger partial charge is 0.225 e. The molecule has 0 heterocycles. The fourth-order valence-electron chi connectivity index (χ4n) is 3.28. The Morgan fingerprint density at radius 3 is 2.33 bits per heavy atom. The van der Waals surface area contributed by atoms with Gasteiger partial charge in [-0.1, -0.05) is 37.0 Å². The van der Waals surface area contributed by atoms with Gasteiger partial charge < -0.3 is 10.6 Å². The third-order valence-electron chi connectivity index (χ3n) is 4.33. The van der Waals surface area contributed by atoms with E-state index in [1.54, 1.807) is 0 Å². The van der Waals surface area contributed by atoms with E-state index in [-0.39, 0.29) is 5.91 Å². The lowest BCUT2D eigenvalue weighted by molar-refractivity contribution is -0.116. The Balaban J connectivity index is 1.79. The van der Waals surface area contributed by atoms with E-state index in [0.717, 1.165) is 23.4 Å². The van der Waals surface area contributed by atoms with Crippen molar-refractivity contribution in [3.8, 4) is 0 Å². The standard InChI is InChI=1S/C18H28N2O/c1-13-11-14(2)18(15(3)12-13)20-17(21)9-10-19-16-7-5-4-6-8-16/h11-12,16,19H,4-10H2,1-3H3,(H,20,21). The normalized spacial score (nSPS) is 16.0. The van der Waals surface area contributed by atoms with E-state index < -0.39 is 0 Å². The van der Waals surface area contributed by atoms with Crippen LogP contribution in [0.2, 0.25) is 0 Å². The lowest BCUT2D eigenvalue weighted by Gasteiger charge is -2.22. The molecule has 0 bridgehead atoms. The van der Waals surface area contributed by atoms with Crippen LogP contribution in [0.25, 0.3) is 0 Å². The van der Waals surface area contributed by atoms with Gasteiger partial charge >= 0.3 is 0 Å². The number of anilines is 1. The van der Waals surface area contributed by atoms with Crippen molar-refractivity contribution in [2.45, 2.75) is 65.3 Å². The number of hydrogen-bond donors (Lipinski definition) is 2. The molecule has 1 aromatic carbocycles. The maximum absolute atomic E-state index is 12.1. The third-order valence-corrected chi connectivity index (χ3v) is 4.33. The summed E-state index contributed by atoms with van der Waals surface area (Å²) in [5.41, 5.74) is 4.49. The molecule has 1 fully saturated rings. The third kappa shape index (κ3) is 4.85. The van der Waals surface area contributed by atoms with Crippen LogP contribution in [0.15, 0.2) is 12.1 Å². The number of aryl methyl sites for hydroxylation is 3. The largest absolute Gasteiger partial charge is 0.326 e. The van der Waals surface area contributed by atoms with Crippen LogP contribution in [0, 0.1) is 20.8 Å². The summed E-state index contributed by atoms with van der Waals surface area (Å²) in [6, 6.07) is 4.85. The maximum Gasteiger partial charge on any atom is 0.225 e. The molecule has 0 radical (unpaired) electrons. The summed E-state index contributed by atoms with van der Waals surface area (Å²) in [5.74, 6) is 0.105. The van der Waals surface area contributed by atoms with Crippen molar-refractivity contribution in [3.05, 3.63) is 28.8 Å². The molecule has 2 rings (SSSR count). The summed E-state index contributed by atoms with van der Waals surface area (Å²) >= 11 is 0. The number of benzene rings is 1. The zero-order chi connectivity index (χ0) is 15.2. The van der Waals surface area contributed by atoms with E-state index in [4.69, 9.17) is 0 Å². The molecule has 0 unspecified atom stereocenters. The molecule has 0 spiro atoms. The number of rotatable bonds is 5. The number of carbonyl (C=O) groups excluding carboxylic acids is 1. The molecule has 1 aliphatic carbocycles. The minimum Gasteiger partial charge on any atom is -0.326 e. The molecule has 3 nitrogen and oxygen atoms in total. The van der Waals surface area contributed by atoms with Crippen LogP contribution in [-0.4, -0.2) is 18.5 Å². The molecule has 0 aliphatic heterocycles. The molecule has 0 aromatic heterocycles. The van der Waals surface area contributed by atoms with Crippen LogP contribution in [0.3, 0.4) is 0 Å². The highest BCUT2D eigenvalue weighted by Gasteiger charge is 2.13. The topological polar surface area (TPSA) is 41.1 Å². The summed E-state index contributed by atoms with van der Waals surface area (Å²) in [5, 5.41) is 6.58. The monoisotopic (exact) mass is 288 g/mol. The van der Waals surface area contributed by atoms with Gasteiger partial charge in [0.15, 0.2) is 0 Å². The summed E-state index contributed by atoms with van der Waals surface area (Å²) in [7, 11) is 0. The molecule has 1 amide bonds. The average molecular weight is 288 g/mol.